The van der Waals surface area contributed by atoms with E-state index in [-0.39, 0.29) is 16.3 Å². The molecule has 3 aliphatic rings. The Hall–Kier alpha value is -1.18. The van der Waals surface area contributed by atoms with Crippen LogP contribution in [0.4, 0.5) is 5.82 Å². The molecule has 5 rings (SSSR count). The van der Waals surface area contributed by atoms with Crippen LogP contribution in [0.5, 0.6) is 0 Å². The number of halogens is 1. The minimum absolute atomic E-state index is 0.0512. The highest BCUT2D eigenvalue weighted by molar-refractivity contribution is 7.70. The summed E-state index contributed by atoms with van der Waals surface area (Å²) in [6, 6.07) is 0. The van der Waals surface area contributed by atoms with Gasteiger partial charge in [-0.05, 0) is 73.3 Å². The van der Waals surface area contributed by atoms with Gasteiger partial charge in [-0.1, -0.05) is 20.3 Å². The van der Waals surface area contributed by atoms with Crippen LogP contribution in [0, 0.1) is 23.2 Å². The largest absolute Gasteiger partial charge is 0.387 e. The highest BCUT2D eigenvalue weighted by Gasteiger charge is 2.46. The molecular weight excluding hydrogens is 612 g/mol. The van der Waals surface area contributed by atoms with Gasteiger partial charge in [-0.2, -0.15) is 9.97 Å². The molecule has 3 heterocycles. The van der Waals surface area contributed by atoms with Gasteiger partial charge < -0.3 is 39.5 Å². The van der Waals surface area contributed by atoms with E-state index in [1.165, 1.54) is 43.0 Å². The first-order chi connectivity index (χ1) is 19.7. The molecule has 0 aromatic carbocycles. The third-order valence-electron chi connectivity index (χ3n) is 9.09. The monoisotopic (exact) mass is 651 g/mol. The Bertz CT molecular complexity index is 1360. The number of nitrogens with one attached hydrogen (secondary N) is 1. The Balaban J connectivity index is 1.27. The molecule has 0 amide bonds. The van der Waals surface area contributed by atoms with Gasteiger partial charge in [-0.3, -0.25) is 13.7 Å². The summed E-state index contributed by atoms with van der Waals surface area (Å²) in [6.07, 6.45) is 4.43. The first kappa shape index (κ1) is 32.2. The van der Waals surface area contributed by atoms with Crippen LogP contribution in [0.1, 0.15) is 65.0 Å². The molecule has 1 saturated heterocycles. The van der Waals surface area contributed by atoms with Gasteiger partial charge in [0.1, 0.15) is 18.3 Å². The van der Waals surface area contributed by atoms with E-state index in [1.807, 2.05) is 0 Å². The Morgan fingerprint density at radius 1 is 1.14 bits per heavy atom. The van der Waals surface area contributed by atoms with Gasteiger partial charge in [0.2, 0.25) is 5.28 Å². The molecule has 2 saturated carbocycles. The highest BCUT2D eigenvalue weighted by Crippen LogP contribution is 2.56. The standard InChI is InChI=1S/C25H40ClN5O9P2/c1-3-25(9-15-6-14(2)7-16(8-15)10-25)4-5-27-21-18-22(30-24(26)29-21)31(12-28-18)23-20(33)19(32)17(40-23)11-39-42(37,38)13-41(34,35)36/h12,14-17,19-20,23,32-33H,3-11,13H2,1-2H3,(H,37,38)(H,27,29,30)(H2,34,35,36)/t14?,15-,16?,17?,19?,20?,23?,25?/m0/s1. The van der Waals surface area contributed by atoms with Crippen molar-refractivity contribution >= 4 is 43.8 Å². The Morgan fingerprint density at radius 2 is 1.83 bits per heavy atom. The van der Waals surface area contributed by atoms with E-state index in [4.69, 9.17) is 30.6 Å². The molecular formula is C25H40ClN5O9P2. The van der Waals surface area contributed by atoms with Crippen LogP contribution in [-0.4, -0.2) is 81.8 Å². The van der Waals surface area contributed by atoms with Gasteiger partial charge in [0.25, 0.3) is 0 Å². The maximum absolute atomic E-state index is 12.0. The Morgan fingerprint density at radius 3 is 2.48 bits per heavy atom. The SMILES string of the molecule is CCC1(CCNc2nc(Cl)nc3c2ncn3C2OC(COP(=O)(O)CP(=O)(O)O)C(O)C2O)CC2CC(C)C[C@@H](C2)C1. The first-order valence-electron chi connectivity index (χ1n) is 14.3. The number of hydrogen-bond donors (Lipinski definition) is 6. The lowest BCUT2D eigenvalue weighted by Crippen LogP contribution is -2.38. The third kappa shape index (κ3) is 7.20. The summed E-state index contributed by atoms with van der Waals surface area (Å²) in [6.45, 7) is 4.63. The fraction of sp³-hybridized carbons (Fsp3) is 0.800. The van der Waals surface area contributed by atoms with Crippen molar-refractivity contribution in [2.75, 3.05) is 24.4 Å². The second-order valence-corrected chi connectivity index (χ2v) is 16.8. The van der Waals surface area contributed by atoms with Gasteiger partial charge in [0.05, 0.1) is 12.9 Å². The molecule has 17 heteroatoms. The van der Waals surface area contributed by atoms with Crippen LogP contribution in [0.15, 0.2) is 6.33 Å². The lowest BCUT2D eigenvalue weighted by molar-refractivity contribution is -0.0483. The van der Waals surface area contributed by atoms with Crippen LogP contribution < -0.4 is 5.32 Å². The number of aliphatic hydroxyl groups is 2. The summed E-state index contributed by atoms with van der Waals surface area (Å²) in [5.41, 5.74) is 0.927. The molecule has 236 valence electrons. The zero-order valence-electron chi connectivity index (χ0n) is 23.6. The lowest BCUT2D eigenvalue weighted by atomic mass is 9.57. The molecule has 2 bridgehead atoms. The lowest BCUT2D eigenvalue weighted by Gasteiger charge is -2.49. The molecule has 14 nitrogen and oxygen atoms in total. The maximum atomic E-state index is 12.0. The van der Waals surface area contributed by atoms with Gasteiger partial charge in [0.15, 0.2) is 29.1 Å². The summed E-state index contributed by atoms with van der Waals surface area (Å²) in [5, 5.41) is 24.6. The molecule has 2 aromatic rings. The topological polar surface area (TPSA) is 209 Å². The number of fused-ring (bicyclic) bond motifs is 3. The summed E-state index contributed by atoms with van der Waals surface area (Å²) in [5.74, 6) is 1.45. The number of ether oxygens (including phenoxy) is 1. The number of anilines is 1. The van der Waals surface area contributed by atoms with Crippen molar-refractivity contribution in [1.29, 1.82) is 0 Å². The second-order valence-electron chi connectivity index (χ2n) is 12.4. The van der Waals surface area contributed by atoms with E-state index >= 15 is 0 Å². The highest BCUT2D eigenvalue weighted by atomic mass is 35.5. The molecule has 6 N–H and O–H groups in total. The van der Waals surface area contributed by atoms with Crippen molar-refractivity contribution in [3.8, 4) is 0 Å². The van der Waals surface area contributed by atoms with Gasteiger partial charge >= 0.3 is 15.2 Å². The fourth-order valence-corrected chi connectivity index (χ4v) is 10.1. The fourth-order valence-electron chi connectivity index (χ4n) is 7.41. The van der Waals surface area contributed by atoms with E-state index in [0.717, 1.165) is 30.6 Å². The van der Waals surface area contributed by atoms with Crippen molar-refractivity contribution < 1.29 is 43.3 Å². The maximum Gasteiger partial charge on any atom is 0.340 e. The van der Waals surface area contributed by atoms with Crippen molar-refractivity contribution in [3.63, 3.8) is 0 Å². The van der Waals surface area contributed by atoms with Gasteiger partial charge in [0, 0.05) is 6.54 Å². The average molecular weight is 652 g/mol. The summed E-state index contributed by atoms with van der Waals surface area (Å²) < 4.78 is 35.0. The quantitative estimate of drug-likeness (QED) is 0.152. The van der Waals surface area contributed by atoms with E-state index < -0.39 is 52.2 Å². The molecule has 2 aromatic heterocycles. The molecule has 8 unspecified atom stereocenters. The summed E-state index contributed by atoms with van der Waals surface area (Å²) >= 11 is 6.27. The minimum Gasteiger partial charge on any atom is -0.387 e. The Kier molecular flexibility index (Phi) is 9.44. The number of aromatic nitrogens is 4. The molecule has 9 atom stereocenters. The van der Waals surface area contributed by atoms with Crippen molar-refractivity contribution in [2.24, 2.45) is 23.2 Å². The number of imidazole rings is 1. The van der Waals surface area contributed by atoms with E-state index in [1.54, 1.807) is 0 Å². The Labute approximate surface area is 248 Å². The zero-order chi connectivity index (χ0) is 30.4. The van der Waals surface area contributed by atoms with E-state index in [9.17, 15) is 24.2 Å². The number of rotatable bonds is 11. The predicted octanol–water partition coefficient (Wildman–Crippen LogP) is 3.48. The number of nitrogens with zero attached hydrogens (tertiary/aromatic N) is 4. The van der Waals surface area contributed by atoms with Crippen molar-refractivity contribution in [1.82, 2.24) is 19.5 Å². The zero-order valence-corrected chi connectivity index (χ0v) is 26.2. The summed E-state index contributed by atoms with van der Waals surface area (Å²) in [4.78, 5) is 40.7. The van der Waals surface area contributed by atoms with E-state index in [0.29, 0.717) is 17.9 Å². The first-order valence-corrected chi connectivity index (χ1v) is 18.3. The van der Waals surface area contributed by atoms with Crippen LogP contribution in [0.3, 0.4) is 0 Å². The van der Waals surface area contributed by atoms with Crippen LogP contribution in [0.2, 0.25) is 5.28 Å². The molecule has 42 heavy (non-hydrogen) atoms. The predicted molar refractivity (Wildman–Crippen MR) is 154 cm³/mol. The molecule has 1 aliphatic heterocycles. The molecule has 0 radical (unpaired) electrons. The van der Waals surface area contributed by atoms with E-state index in [2.05, 4.69) is 34.1 Å². The van der Waals surface area contributed by atoms with Crippen molar-refractivity contribution in [3.05, 3.63) is 11.6 Å². The smallest absolute Gasteiger partial charge is 0.340 e. The average Bonchev–Trinajstić information content (AvgIpc) is 3.41. The normalized spacial score (nSPS) is 34.9. The molecule has 3 fully saturated rings. The van der Waals surface area contributed by atoms with Gasteiger partial charge in [-0.25, -0.2) is 4.98 Å². The second kappa shape index (κ2) is 12.3. The third-order valence-corrected chi connectivity index (χ3v) is 12.7. The van der Waals surface area contributed by atoms with Crippen LogP contribution in [-0.2, 0) is 18.4 Å². The summed E-state index contributed by atoms with van der Waals surface area (Å²) in [7, 11) is -9.51. The molecule has 0 spiro atoms. The number of hydrogen-bond acceptors (Lipinski definition) is 10. The minimum atomic E-state index is -4.83. The van der Waals surface area contributed by atoms with Crippen LogP contribution in [0.25, 0.3) is 11.2 Å². The van der Waals surface area contributed by atoms with Gasteiger partial charge in [-0.15, -0.1) is 0 Å². The molecule has 2 aliphatic carbocycles. The van der Waals surface area contributed by atoms with Crippen LogP contribution >= 0.6 is 26.8 Å². The number of aliphatic hydroxyl groups excluding tert-OH is 2. The van der Waals surface area contributed by atoms with Crippen molar-refractivity contribution in [2.45, 2.75) is 83.3 Å².